The third-order valence-corrected chi connectivity index (χ3v) is 22.6. The summed E-state index contributed by atoms with van der Waals surface area (Å²) in [7, 11) is 0. The summed E-state index contributed by atoms with van der Waals surface area (Å²) in [6.45, 7) is 0. The van der Waals surface area contributed by atoms with Crippen LogP contribution in [0.1, 0.15) is 23.3 Å². The van der Waals surface area contributed by atoms with Crippen molar-refractivity contribution in [3.05, 3.63) is 405 Å². The summed E-state index contributed by atoms with van der Waals surface area (Å²) in [6, 6.07) is 140. The van der Waals surface area contributed by atoms with Gasteiger partial charge in [-0.2, -0.15) is 0 Å². The summed E-state index contributed by atoms with van der Waals surface area (Å²) < 4.78 is 16.4. The Hall–Kier alpha value is -14.4. The second-order valence-corrected chi connectivity index (χ2v) is 28.7. The molecule has 512 valence electrons. The van der Waals surface area contributed by atoms with Crippen molar-refractivity contribution in [2.24, 2.45) is 0 Å². The molecule has 7 heteroatoms. The van der Waals surface area contributed by atoms with Crippen molar-refractivity contribution in [3.8, 4) is 45.0 Å². The van der Waals surface area contributed by atoms with Crippen LogP contribution in [0, 0.1) is 0 Å². The van der Waals surface area contributed by atoms with Crippen LogP contribution in [0.25, 0.3) is 149 Å². The van der Waals surface area contributed by atoms with Gasteiger partial charge in [-0.3, -0.25) is 0 Å². The molecule has 5 heterocycles. The van der Waals surface area contributed by atoms with Crippen molar-refractivity contribution < 1.29 is 4.42 Å². The van der Waals surface area contributed by atoms with E-state index in [9.17, 15) is 0 Å². The average molecular weight is 1390 g/mol. The summed E-state index contributed by atoms with van der Waals surface area (Å²) in [6.07, 6.45) is 4.27. The molecule has 0 aliphatic heterocycles. The SMILES string of the molecule is C1=C(c2ccc(N(c3ccc4c5ccccc5n(-c5ccccc5)c4c3)c3ccc4c5ccccc5n(-c5cccc(-c6ccc7c8ccc(N(c9ccc(-c%10ccccc%10)cc9)c9ccc%10c%11ccccc%11n(-c%11ccccc%11)c%10c9)cc8n(-c8ccccc8)c7c6)c5)c4c3)cc2)c2oc3ccccc3c2CC1. The predicted molar refractivity (Wildman–Crippen MR) is 456 cm³/mol. The highest BCUT2D eigenvalue weighted by atomic mass is 16.3. The Morgan fingerprint density at radius 2 is 0.541 bits per heavy atom. The first-order chi connectivity index (χ1) is 54.1. The van der Waals surface area contributed by atoms with Crippen molar-refractivity contribution in [2.75, 3.05) is 9.80 Å². The Morgan fingerprint density at radius 1 is 0.220 bits per heavy atom. The van der Waals surface area contributed by atoms with Crippen LogP contribution in [0.2, 0.25) is 0 Å². The molecule has 0 spiro atoms. The zero-order chi connectivity index (χ0) is 71.6. The van der Waals surface area contributed by atoms with Crippen molar-refractivity contribution in [2.45, 2.75) is 12.8 Å². The molecule has 1 aliphatic carbocycles. The first kappa shape index (κ1) is 62.0. The van der Waals surface area contributed by atoms with Crippen LogP contribution in [0.4, 0.5) is 34.1 Å². The van der Waals surface area contributed by atoms with Crippen molar-refractivity contribution >= 4 is 138 Å². The van der Waals surface area contributed by atoms with Gasteiger partial charge in [0.1, 0.15) is 11.3 Å². The molecule has 0 unspecified atom stereocenters. The predicted octanol–water partition coefficient (Wildman–Crippen LogP) is 27.5. The van der Waals surface area contributed by atoms with E-state index in [2.05, 4.69) is 416 Å². The van der Waals surface area contributed by atoms with Gasteiger partial charge < -0.3 is 32.5 Å². The smallest absolute Gasteiger partial charge is 0.138 e. The molecular formula is C102H68N6O. The Morgan fingerprint density at radius 3 is 1.02 bits per heavy atom. The number of aryl methyl sites for hydroxylation is 1. The first-order valence-electron chi connectivity index (χ1n) is 37.6. The number of furan rings is 1. The maximum Gasteiger partial charge on any atom is 0.138 e. The van der Waals surface area contributed by atoms with Crippen molar-refractivity contribution in [1.82, 2.24) is 18.3 Å². The fourth-order valence-electron chi connectivity index (χ4n) is 17.7. The number of nitrogens with zero attached hydrogens (tertiary/aromatic N) is 6. The monoisotopic (exact) mass is 1390 g/mol. The van der Waals surface area contributed by atoms with E-state index in [1.807, 2.05) is 0 Å². The highest BCUT2D eigenvalue weighted by Gasteiger charge is 2.27. The Kier molecular flexibility index (Phi) is 14.3. The number of para-hydroxylation sites is 7. The summed E-state index contributed by atoms with van der Waals surface area (Å²) in [4.78, 5) is 4.86. The molecule has 5 aromatic heterocycles. The van der Waals surface area contributed by atoms with Crippen molar-refractivity contribution in [3.63, 3.8) is 0 Å². The highest BCUT2D eigenvalue weighted by Crippen LogP contribution is 2.48. The molecule has 0 saturated carbocycles. The fourth-order valence-corrected chi connectivity index (χ4v) is 17.7. The summed E-state index contributed by atoms with van der Waals surface area (Å²) in [5.74, 6) is 0.976. The van der Waals surface area contributed by atoms with Crippen LogP contribution in [-0.4, -0.2) is 18.3 Å². The fraction of sp³-hybridized carbons (Fsp3) is 0.0196. The minimum absolute atomic E-state index is 0.936. The van der Waals surface area contributed by atoms with Crippen LogP contribution >= 0.6 is 0 Å². The maximum atomic E-state index is 6.67. The minimum Gasteiger partial charge on any atom is -0.456 e. The largest absolute Gasteiger partial charge is 0.456 e. The van der Waals surface area contributed by atoms with Crippen LogP contribution in [-0.2, 0) is 6.42 Å². The van der Waals surface area contributed by atoms with E-state index in [0.717, 1.165) is 136 Å². The maximum absolute atomic E-state index is 6.67. The summed E-state index contributed by atoms with van der Waals surface area (Å²) >= 11 is 0. The lowest BCUT2D eigenvalue weighted by Crippen LogP contribution is -2.10. The molecule has 109 heavy (non-hydrogen) atoms. The van der Waals surface area contributed by atoms with Crippen molar-refractivity contribution in [1.29, 1.82) is 0 Å². The minimum atomic E-state index is 0.936. The van der Waals surface area contributed by atoms with E-state index in [1.54, 1.807) is 0 Å². The van der Waals surface area contributed by atoms with Crippen LogP contribution in [0.3, 0.4) is 0 Å². The lowest BCUT2D eigenvalue weighted by atomic mass is 9.91. The second kappa shape index (κ2) is 25.2. The van der Waals surface area contributed by atoms with E-state index in [4.69, 9.17) is 4.42 Å². The number of hydrogen-bond donors (Lipinski definition) is 0. The van der Waals surface area contributed by atoms with Gasteiger partial charge in [-0.1, -0.05) is 237 Å². The lowest BCUT2D eigenvalue weighted by molar-refractivity contribution is 0.591. The number of anilines is 6. The molecule has 0 N–H and O–H groups in total. The Bertz CT molecular complexity index is 7200. The molecule has 22 rings (SSSR count). The van der Waals surface area contributed by atoms with Crippen LogP contribution < -0.4 is 9.80 Å². The Balaban J connectivity index is 0.686. The van der Waals surface area contributed by atoms with Gasteiger partial charge in [-0.15, -0.1) is 0 Å². The van der Waals surface area contributed by atoms with Gasteiger partial charge in [0.05, 0.1) is 44.1 Å². The standard InChI is InChI=1S/C102H68N6O/c1-5-23-67(24-6-1)68-43-48-75(49-44-68)103(78-52-57-87-83-33-13-17-39-93(83)105(97(87)63-78)72-26-7-2-8-27-72)80-55-60-90-86-56-47-71(62-96(86)107(99(90)65-80)74-30-11-4-12-31-74)70-25-21-32-77(61-70)108-95-41-19-15-35-85(95)89-59-54-81(66-100(89)108)104(76-50-45-69(46-51-76)82-37-22-38-92-91-36-16-20-42-101(91)109-102(82)92)79-53-58-88-84-34-14-18-40-94(84)106(98(88)64-79)73-28-9-3-10-29-73/h1-21,23-37,39-66H,22,38H2. The molecule has 0 bridgehead atoms. The summed E-state index contributed by atoms with van der Waals surface area (Å²) in [5, 5.41) is 10.8. The van der Waals surface area contributed by atoms with E-state index in [1.165, 1.54) is 76.2 Å². The molecule has 1 aliphatic rings. The average Bonchev–Trinajstić information content (AvgIpc) is 1.61. The van der Waals surface area contributed by atoms with Gasteiger partial charge in [-0.05, 0) is 192 Å². The van der Waals surface area contributed by atoms with E-state index < -0.39 is 0 Å². The molecule has 0 saturated heterocycles. The van der Waals surface area contributed by atoms with Gasteiger partial charge in [0, 0.05) is 116 Å². The molecule has 0 fully saturated rings. The van der Waals surface area contributed by atoms with Gasteiger partial charge in [0.2, 0.25) is 0 Å². The third-order valence-electron chi connectivity index (χ3n) is 22.6. The topological polar surface area (TPSA) is 39.3 Å². The Labute approximate surface area is 629 Å². The highest BCUT2D eigenvalue weighted by molar-refractivity contribution is 6.15. The van der Waals surface area contributed by atoms with E-state index >= 15 is 0 Å². The van der Waals surface area contributed by atoms with Gasteiger partial charge in [0.15, 0.2) is 0 Å². The number of rotatable bonds is 13. The number of benzene rings is 16. The number of hydrogen-bond acceptors (Lipinski definition) is 3. The zero-order valence-corrected chi connectivity index (χ0v) is 59.5. The molecular weight excluding hydrogens is 1330 g/mol. The zero-order valence-electron chi connectivity index (χ0n) is 59.5. The number of fused-ring (bicyclic) bond motifs is 15. The first-order valence-corrected chi connectivity index (χ1v) is 37.6. The van der Waals surface area contributed by atoms with Gasteiger partial charge in [0.25, 0.3) is 0 Å². The van der Waals surface area contributed by atoms with Gasteiger partial charge in [-0.25, -0.2) is 0 Å². The lowest BCUT2D eigenvalue weighted by Gasteiger charge is -2.26. The molecule has 7 nitrogen and oxygen atoms in total. The van der Waals surface area contributed by atoms with E-state index in [-0.39, 0.29) is 0 Å². The number of allylic oxidation sites excluding steroid dienone is 1. The van der Waals surface area contributed by atoms with E-state index in [0.29, 0.717) is 0 Å². The van der Waals surface area contributed by atoms with Crippen LogP contribution in [0.15, 0.2) is 393 Å². The molecule has 16 aromatic carbocycles. The van der Waals surface area contributed by atoms with Gasteiger partial charge >= 0.3 is 0 Å². The summed E-state index contributed by atoms with van der Waals surface area (Å²) in [5.41, 5.74) is 28.9. The number of aromatic nitrogens is 4. The van der Waals surface area contributed by atoms with Crippen LogP contribution in [0.5, 0.6) is 0 Å². The normalized spacial score (nSPS) is 12.4. The third kappa shape index (κ3) is 10.1. The quantitative estimate of drug-likeness (QED) is 0.115. The molecule has 0 amide bonds. The molecule has 0 atom stereocenters. The molecule has 0 radical (unpaired) electrons. The molecule has 21 aromatic rings. The second-order valence-electron chi connectivity index (χ2n) is 28.7.